The van der Waals surface area contributed by atoms with Crippen LogP contribution < -0.4 is 11.1 Å². The second-order valence-electron chi connectivity index (χ2n) is 5.63. The van der Waals surface area contributed by atoms with Gasteiger partial charge in [-0.1, -0.05) is 37.3 Å². The van der Waals surface area contributed by atoms with Crippen LogP contribution in [-0.2, 0) is 4.79 Å². The molecule has 1 aliphatic rings. The van der Waals surface area contributed by atoms with Crippen molar-refractivity contribution in [3.05, 3.63) is 35.9 Å². The Hall–Kier alpha value is -1.35. The molecule has 1 atom stereocenters. The number of carbonyl (C=O) groups is 1. The summed E-state index contributed by atoms with van der Waals surface area (Å²) < 4.78 is 0. The Kier molecular flexibility index (Phi) is 4.59. The third kappa shape index (κ3) is 3.57. The van der Waals surface area contributed by atoms with Crippen molar-refractivity contribution in [2.75, 3.05) is 13.1 Å². The van der Waals surface area contributed by atoms with Gasteiger partial charge in [0.25, 0.3) is 0 Å². The number of nitrogens with one attached hydrogen (secondary N) is 1. The van der Waals surface area contributed by atoms with Gasteiger partial charge in [0, 0.05) is 6.54 Å². The first-order valence-corrected chi connectivity index (χ1v) is 7.23. The zero-order valence-corrected chi connectivity index (χ0v) is 11.7. The van der Waals surface area contributed by atoms with Crippen LogP contribution in [0.1, 0.15) is 44.1 Å². The molecule has 0 heterocycles. The van der Waals surface area contributed by atoms with Gasteiger partial charge < -0.3 is 11.1 Å². The molecule has 19 heavy (non-hydrogen) atoms. The molecule has 0 saturated heterocycles. The molecule has 1 saturated carbocycles. The van der Waals surface area contributed by atoms with E-state index in [1.54, 1.807) is 0 Å². The van der Waals surface area contributed by atoms with E-state index in [2.05, 4.69) is 12.2 Å². The zero-order valence-electron chi connectivity index (χ0n) is 11.7. The van der Waals surface area contributed by atoms with Gasteiger partial charge in [-0.15, -0.1) is 0 Å². The molecule has 0 radical (unpaired) electrons. The summed E-state index contributed by atoms with van der Waals surface area (Å²) >= 11 is 0. The molecule has 1 amide bonds. The molecule has 104 valence electrons. The third-order valence-electron chi connectivity index (χ3n) is 4.20. The summed E-state index contributed by atoms with van der Waals surface area (Å²) in [6.45, 7) is 3.56. The highest BCUT2D eigenvalue weighted by molar-refractivity contribution is 5.83. The molecule has 1 unspecified atom stereocenters. The van der Waals surface area contributed by atoms with Crippen molar-refractivity contribution >= 4 is 5.91 Å². The largest absolute Gasteiger partial charge is 0.355 e. The summed E-state index contributed by atoms with van der Waals surface area (Å²) in [4.78, 5) is 12.3. The molecule has 1 fully saturated rings. The smallest absolute Gasteiger partial charge is 0.227 e. The fourth-order valence-corrected chi connectivity index (χ4v) is 2.65. The topological polar surface area (TPSA) is 55.1 Å². The van der Waals surface area contributed by atoms with E-state index in [0.717, 1.165) is 24.9 Å². The van der Waals surface area contributed by atoms with Crippen molar-refractivity contribution in [3.8, 4) is 0 Å². The minimum atomic E-state index is -0.0325. The van der Waals surface area contributed by atoms with Gasteiger partial charge in [-0.05, 0) is 43.2 Å². The molecule has 3 nitrogen and oxygen atoms in total. The standard InChI is InChI=1S/C16H24N2O/c1-2-14(13-6-4-3-5-7-13)15(19)18-12-16(8-9-16)10-11-17/h3-7,14H,2,8-12,17H2,1H3,(H,18,19). The average molecular weight is 260 g/mol. The van der Waals surface area contributed by atoms with Crippen molar-refractivity contribution in [1.29, 1.82) is 0 Å². The van der Waals surface area contributed by atoms with E-state index in [1.165, 1.54) is 12.8 Å². The van der Waals surface area contributed by atoms with Crippen molar-refractivity contribution in [1.82, 2.24) is 5.32 Å². The molecule has 0 spiro atoms. The molecule has 1 aliphatic carbocycles. The lowest BCUT2D eigenvalue weighted by Gasteiger charge is -2.19. The molecule has 0 bridgehead atoms. The maximum Gasteiger partial charge on any atom is 0.227 e. The van der Waals surface area contributed by atoms with Gasteiger partial charge in [-0.25, -0.2) is 0 Å². The summed E-state index contributed by atoms with van der Waals surface area (Å²) in [5.74, 6) is 0.117. The molecular weight excluding hydrogens is 236 g/mol. The van der Waals surface area contributed by atoms with E-state index in [0.29, 0.717) is 12.0 Å². The second kappa shape index (κ2) is 6.20. The summed E-state index contributed by atoms with van der Waals surface area (Å²) in [5.41, 5.74) is 7.03. The molecule has 3 N–H and O–H groups in total. The van der Waals surface area contributed by atoms with E-state index in [9.17, 15) is 4.79 Å². The Balaban J connectivity index is 1.91. The van der Waals surface area contributed by atoms with E-state index in [4.69, 9.17) is 5.73 Å². The Morgan fingerprint density at radius 3 is 2.58 bits per heavy atom. The van der Waals surface area contributed by atoms with Crippen LogP contribution in [0.25, 0.3) is 0 Å². The van der Waals surface area contributed by atoms with Gasteiger partial charge in [0.15, 0.2) is 0 Å². The predicted molar refractivity (Wildman–Crippen MR) is 77.8 cm³/mol. The number of amides is 1. The van der Waals surface area contributed by atoms with Crippen LogP contribution in [0.4, 0.5) is 0 Å². The number of nitrogens with two attached hydrogens (primary N) is 1. The highest BCUT2D eigenvalue weighted by Gasteiger charge is 2.41. The average Bonchev–Trinajstić information content (AvgIpc) is 3.19. The molecule has 3 heteroatoms. The van der Waals surface area contributed by atoms with E-state index >= 15 is 0 Å². The number of hydrogen-bond acceptors (Lipinski definition) is 2. The Morgan fingerprint density at radius 2 is 2.05 bits per heavy atom. The lowest BCUT2D eigenvalue weighted by Crippen LogP contribution is -2.34. The lowest BCUT2D eigenvalue weighted by molar-refractivity contribution is -0.122. The minimum absolute atomic E-state index is 0.0325. The fraction of sp³-hybridized carbons (Fsp3) is 0.562. The second-order valence-corrected chi connectivity index (χ2v) is 5.63. The van der Waals surface area contributed by atoms with E-state index < -0.39 is 0 Å². The van der Waals surface area contributed by atoms with Crippen LogP contribution in [0.15, 0.2) is 30.3 Å². The highest BCUT2D eigenvalue weighted by atomic mass is 16.1. The van der Waals surface area contributed by atoms with Gasteiger partial charge in [-0.2, -0.15) is 0 Å². The van der Waals surface area contributed by atoms with Crippen molar-refractivity contribution in [2.45, 2.75) is 38.5 Å². The monoisotopic (exact) mass is 260 g/mol. The quantitative estimate of drug-likeness (QED) is 0.791. The van der Waals surface area contributed by atoms with Crippen LogP contribution >= 0.6 is 0 Å². The number of hydrogen-bond donors (Lipinski definition) is 2. The van der Waals surface area contributed by atoms with Crippen molar-refractivity contribution in [2.24, 2.45) is 11.1 Å². The lowest BCUT2D eigenvalue weighted by atomic mass is 9.95. The van der Waals surface area contributed by atoms with E-state index in [-0.39, 0.29) is 11.8 Å². The SMILES string of the molecule is CCC(C(=O)NCC1(CCN)CC1)c1ccccc1. The maximum absolute atomic E-state index is 12.3. The minimum Gasteiger partial charge on any atom is -0.355 e. The van der Waals surface area contributed by atoms with Gasteiger partial charge >= 0.3 is 0 Å². The Bertz CT molecular complexity index is 412. The molecule has 2 rings (SSSR count). The van der Waals surface area contributed by atoms with Crippen LogP contribution in [0, 0.1) is 5.41 Å². The summed E-state index contributed by atoms with van der Waals surface area (Å²) in [7, 11) is 0. The van der Waals surface area contributed by atoms with E-state index in [1.807, 2.05) is 30.3 Å². The molecule has 0 aromatic heterocycles. The molecule has 0 aliphatic heterocycles. The molecular formula is C16H24N2O. The van der Waals surface area contributed by atoms with Gasteiger partial charge in [-0.3, -0.25) is 4.79 Å². The Labute approximate surface area is 115 Å². The Morgan fingerprint density at radius 1 is 1.37 bits per heavy atom. The predicted octanol–water partition coefficient (Wildman–Crippen LogP) is 2.43. The van der Waals surface area contributed by atoms with Crippen LogP contribution in [0.3, 0.4) is 0 Å². The molecule has 1 aromatic rings. The van der Waals surface area contributed by atoms with Crippen molar-refractivity contribution in [3.63, 3.8) is 0 Å². The van der Waals surface area contributed by atoms with Crippen LogP contribution in [0.5, 0.6) is 0 Å². The van der Waals surface area contributed by atoms with Crippen LogP contribution in [-0.4, -0.2) is 19.0 Å². The maximum atomic E-state index is 12.3. The fourth-order valence-electron chi connectivity index (χ4n) is 2.65. The third-order valence-corrected chi connectivity index (χ3v) is 4.20. The van der Waals surface area contributed by atoms with Gasteiger partial charge in [0.05, 0.1) is 5.92 Å². The zero-order chi connectivity index (χ0) is 13.7. The number of carbonyl (C=O) groups excluding carboxylic acids is 1. The normalized spacial score (nSPS) is 17.8. The summed E-state index contributed by atoms with van der Waals surface area (Å²) in [6.07, 6.45) is 4.26. The number of rotatable bonds is 7. The first kappa shape index (κ1) is 14.1. The van der Waals surface area contributed by atoms with Gasteiger partial charge in [0.2, 0.25) is 5.91 Å². The summed E-state index contributed by atoms with van der Waals surface area (Å²) in [6, 6.07) is 10.0. The van der Waals surface area contributed by atoms with Crippen LogP contribution in [0.2, 0.25) is 0 Å². The van der Waals surface area contributed by atoms with Crippen molar-refractivity contribution < 1.29 is 4.79 Å². The van der Waals surface area contributed by atoms with Gasteiger partial charge in [0.1, 0.15) is 0 Å². The summed E-state index contributed by atoms with van der Waals surface area (Å²) in [5, 5.41) is 3.13. The first-order valence-electron chi connectivity index (χ1n) is 7.23. The molecule has 1 aromatic carbocycles. The highest BCUT2D eigenvalue weighted by Crippen LogP contribution is 2.47. The first-order chi connectivity index (χ1) is 9.21. The number of benzene rings is 1.